The van der Waals surface area contributed by atoms with E-state index in [4.69, 9.17) is 0 Å². The molecule has 7 heteroatoms. The van der Waals surface area contributed by atoms with Crippen molar-refractivity contribution in [2.45, 2.75) is 24.8 Å². The molecule has 0 saturated heterocycles. The Kier molecular flexibility index (Phi) is 7.33. The quantitative estimate of drug-likeness (QED) is 0.540. The lowest BCUT2D eigenvalue weighted by Gasteiger charge is -2.25. The van der Waals surface area contributed by atoms with E-state index in [2.05, 4.69) is 14.9 Å². The third-order valence-corrected chi connectivity index (χ3v) is 6.83. The maximum atomic E-state index is 12.7. The summed E-state index contributed by atoms with van der Waals surface area (Å²) in [5, 5.41) is 2.96. The van der Waals surface area contributed by atoms with Crippen LogP contribution in [0.5, 0.6) is 0 Å². The van der Waals surface area contributed by atoms with Crippen LogP contribution < -0.4 is 10.0 Å². The lowest BCUT2D eigenvalue weighted by molar-refractivity contribution is 0.0942. The van der Waals surface area contributed by atoms with Gasteiger partial charge in [-0.05, 0) is 81.0 Å². The number of sulfonamides is 1. The van der Waals surface area contributed by atoms with E-state index in [1.807, 2.05) is 58.3 Å². The zero-order valence-corrected chi connectivity index (χ0v) is 19.6. The lowest BCUT2D eigenvalue weighted by atomic mass is 10.1. The molecule has 0 aliphatic rings. The van der Waals surface area contributed by atoms with Gasteiger partial charge in [0.1, 0.15) is 0 Å². The highest BCUT2D eigenvalue weighted by molar-refractivity contribution is 7.92. The van der Waals surface area contributed by atoms with Crippen LogP contribution >= 0.6 is 0 Å². The van der Waals surface area contributed by atoms with Gasteiger partial charge in [0.25, 0.3) is 15.9 Å². The molecule has 0 heterocycles. The normalized spacial score (nSPS) is 12.4. The molecule has 0 bridgehead atoms. The van der Waals surface area contributed by atoms with E-state index in [-0.39, 0.29) is 16.8 Å². The van der Waals surface area contributed by atoms with E-state index in [1.165, 1.54) is 0 Å². The summed E-state index contributed by atoms with van der Waals surface area (Å²) in [5.41, 5.74) is 3.92. The molecule has 1 atom stereocenters. The van der Waals surface area contributed by atoms with Gasteiger partial charge in [-0.1, -0.05) is 36.4 Å². The Labute approximate surface area is 190 Å². The van der Waals surface area contributed by atoms with Crippen LogP contribution in [0.2, 0.25) is 0 Å². The first kappa shape index (κ1) is 23.5. The number of hydrogen-bond acceptors (Lipinski definition) is 4. The van der Waals surface area contributed by atoms with Gasteiger partial charge >= 0.3 is 0 Å². The smallest absolute Gasteiger partial charge is 0.261 e. The molecule has 0 radical (unpaired) electrons. The van der Waals surface area contributed by atoms with E-state index in [9.17, 15) is 13.2 Å². The first-order valence-electron chi connectivity index (χ1n) is 10.4. The maximum Gasteiger partial charge on any atom is 0.261 e. The van der Waals surface area contributed by atoms with Crippen LogP contribution in [0, 0.1) is 13.8 Å². The van der Waals surface area contributed by atoms with Crippen LogP contribution in [0.3, 0.4) is 0 Å². The number of rotatable bonds is 8. The largest absolute Gasteiger partial charge is 0.350 e. The van der Waals surface area contributed by atoms with Crippen LogP contribution in [0.4, 0.5) is 5.69 Å². The summed E-state index contributed by atoms with van der Waals surface area (Å²) in [5.74, 6) is -0.212. The molecule has 2 N–H and O–H groups in total. The summed E-state index contributed by atoms with van der Waals surface area (Å²) < 4.78 is 27.9. The Morgan fingerprint density at radius 1 is 0.906 bits per heavy atom. The number of anilines is 1. The predicted octanol–water partition coefficient (Wildman–Crippen LogP) is 4.14. The van der Waals surface area contributed by atoms with Crippen molar-refractivity contribution in [2.75, 3.05) is 25.4 Å². The first-order chi connectivity index (χ1) is 15.2. The van der Waals surface area contributed by atoms with Crippen molar-refractivity contribution in [1.82, 2.24) is 10.2 Å². The van der Waals surface area contributed by atoms with Gasteiger partial charge in [-0.25, -0.2) is 8.42 Å². The zero-order valence-electron chi connectivity index (χ0n) is 18.8. The SMILES string of the molecule is Cc1ccc(S(=O)(=O)Nc2ccc(C(=O)NC[C@@H](c3ccccc3)N(C)C)cc2)cc1C. The molecule has 3 rings (SSSR count). The van der Waals surface area contributed by atoms with E-state index in [0.29, 0.717) is 17.8 Å². The van der Waals surface area contributed by atoms with Crippen LogP contribution in [0.15, 0.2) is 77.7 Å². The van der Waals surface area contributed by atoms with Gasteiger partial charge in [-0.15, -0.1) is 0 Å². The van der Waals surface area contributed by atoms with E-state index in [0.717, 1.165) is 16.7 Å². The minimum atomic E-state index is -3.70. The molecule has 32 heavy (non-hydrogen) atoms. The molecular weight excluding hydrogens is 422 g/mol. The summed E-state index contributed by atoms with van der Waals surface area (Å²) in [6, 6.07) is 21.5. The number of aryl methyl sites for hydroxylation is 2. The van der Waals surface area contributed by atoms with Crippen LogP contribution in [-0.4, -0.2) is 39.9 Å². The van der Waals surface area contributed by atoms with Crippen molar-refractivity contribution < 1.29 is 13.2 Å². The number of nitrogens with zero attached hydrogens (tertiary/aromatic N) is 1. The number of carbonyl (C=O) groups excluding carboxylic acids is 1. The monoisotopic (exact) mass is 451 g/mol. The molecule has 0 fully saturated rings. The van der Waals surface area contributed by atoms with E-state index < -0.39 is 10.0 Å². The Morgan fingerprint density at radius 2 is 1.56 bits per heavy atom. The number of nitrogens with one attached hydrogen (secondary N) is 2. The van der Waals surface area contributed by atoms with Gasteiger partial charge in [-0.3, -0.25) is 9.52 Å². The first-order valence-corrected chi connectivity index (χ1v) is 11.9. The van der Waals surface area contributed by atoms with Gasteiger partial charge in [0.2, 0.25) is 0 Å². The van der Waals surface area contributed by atoms with Gasteiger partial charge in [-0.2, -0.15) is 0 Å². The highest BCUT2D eigenvalue weighted by Gasteiger charge is 2.17. The fraction of sp³-hybridized carbons (Fsp3) is 0.240. The third-order valence-electron chi connectivity index (χ3n) is 5.45. The van der Waals surface area contributed by atoms with Crippen molar-refractivity contribution in [3.8, 4) is 0 Å². The number of carbonyl (C=O) groups is 1. The summed E-state index contributed by atoms with van der Waals surface area (Å²) in [7, 11) is 0.242. The number of benzene rings is 3. The second kappa shape index (κ2) is 9.97. The van der Waals surface area contributed by atoms with Gasteiger partial charge in [0.05, 0.1) is 10.9 Å². The standard InChI is InChI=1S/C25H29N3O3S/c1-18-10-15-23(16-19(18)2)32(30,31)27-22-13-11-21(12-14-22)25(29)26-17-24(28(3)4)20-8-6-5-7-9-20/h5-16,24,27H,17H2,1-4H3,(H,26,29)/t24-/m0/s1. The van der Waals surface area contributed by atoms with Crippen molar-refractivity contribution >= 4 is 21.6 Å². The van der Waals surface area contributed by atoms with E-state index >= 15 is 0 Å². The molecule has 3 aromatic carbocycles. The highest BCUT2D eigenvalue weighted by atomic mass is 32.2. The predicted molar refractivity (Wildman–Crippen MR) is 128 cm³/mol. The fourth-order valence-corrected chi connectivity index (χ4v) is 4.49. The van der Waals surface area contributed by atoms with Crippen LogP contribution in [0.1, 0.15) is 33.1 Å². The fourth-order valence-electron chi connectivity index (χ4n) is 3.35. The van der Waals surface area contributed by atoms with Gasteiger partial charge in [0.15, 0.2) is 0 Å². The Bertz CT molecular complexity index is 1170. The molecule has 168 valence electrons. The number of amides is 1. The molecule has 0 unspecified atom stereocenters. The van der Waals surface area contributed by atoms with Crippen LogP contribution in [-0.2, 0) is 10.0 Å². The lowest BCUT2D eigenvalue weighted by Crippen LogP contribution is -2.34. The van der Waals surface area contributed by atoms with Gasteiger partial charge < -0.3 is 10.2 Å². The minimum Gasteiger partial charge on any atom is -0.350 e. The molecule has 6 nitrogen and oxygen atoms in total. The van der Waals surface area contributed by atoms with E-state index in [1.54, 1.807) is 42.5 Å². The Balaban J connectivity index is 1.65. The van der Waals surface area contributed by atoms with Gasteiger partial charge in [0, 0.05) is 17.8 Å². The molecule has 0 aliphatic heterocycles. The van der Waals surface area contributed by atoms with Crippen molar-refractivity contribution in [2.24, 2.45) is 0 Å². The third kappa shape index (κ3) is 5.75. The Hall–Kier alpha value is -3.16. The summed E-state index contributed by atoms with van der Waals surface area (Å²) in [6.45, 7) is 4.26. The summed E-state index contributed by atoms with van der Waals surface area (Å²) in [6.07, 6.45) is 0. The number of hydrogen-bond donors (Lipinski definition) is 2. The molecule has 1 amide bonds. The second-order valence-electron chi connectivity index (χ2n) is 8.03. The van der Waals surface area contributed by atoms with Crippen molar-refractivity contribution in [3.63, 3.8) is 0 Å². The topological polar surface area (TPSA) is 78.5 Å². The van der Waals surface area contributed by atoms with Crippen molar-refractivity contribution in [3.05, 3.63) is 95.1 Å². The molecule has 0 spiro atoms. The maximum absolute atomic E-state index is 12.7. The average Bonchev–Trinajstić information content (AvgIpc) is 2.76. The molecular formula is C25H29N3O3S. The number of likely N-dealkylation sites (N-methyl/N-ethyl adjacent to an activating group) is 1. The van der Waals surface area contributed by atoms with Crippen LogP contribution in [0.25, 0.3) is 0 Å². The second-order valence-corrected chi connectivity index (χ2v) is 9.71. The highest BCUT2D eigenvalue weighted by Crippen LogP contribution is 2.20. The molecule has 0 aliphatic carbocycles. The molecule has 0 saturated carbocycles. The summed E-state index contributed by atoms with van der Waals surface area (Å²) in [4.78, 5) is 14.9. The van der Waals surface area contributed by atoms with Crippen molar-refractivity contribution in [1.29, 1.82) is 0 Å². The molecule has 0 aromatic heterocycles. The average molecular weight is 452 g/mol. The Morgan fingerprint density at radius 3 is 2.16 bits per heavy atom. The minimum absolute atomic E-state index is 0.0456. The molecule has 3 aromatic rings. The summed E-state index contributed by atoms with van der Waals surface area (Å²) >= 11 is 0. The zero-order chi connectivity index (χ0) is 23.3.